The summed E-state index contributed by atoms with van der Waals surface area (Å²) < 4.78 is 13.6. The SMILES string of the molecule is O=C(Cc1ccccc1)Nc1ccc(Nc2ccccc2F)cc1. The molecule has 3 aromatic rings. The second-order valence-corrected chi connectivity index (χ2v) is 5.39. The molecule has 0 spiro atoms. The van der Waals surface area contributed by atoms with E-state index in [4.69, 9.17) is 0 Å². The topological polar surface area (TPSA) is 41.1 Å². The van der Waals surface area contributed by atoms with Crippen LogP contribution in [0, 0.1) is 5.82 Å². The van der Waals surface area contributed by atoms with Crippen molar-refractivity contribution in [2.75, 3.05) is 10.6 Å². The minimum absolute atomic E-state index is 0.0731. The quantitative estimate of drug-likeness (QED) is 0.712. The average molecular weight is 320 g/mol. The molecule has 0 bridgehead atoms. The molecule has 0 radical (unpaired) electrons. The van der Waals surface area contributed by atoms with Gasteiger partial charge in [-0.05, 0) is 42.0 Å². The van der Waals surface area contributed by atoms with Gasteiger partial charge in [0.2, 0.25) is 5.91 Å². The fraction of sp³-hybridized carbons (Fsp3) is 0.0500. The summed E-state index contributed by atoms with van der Waals surface area (Å²) in [4.78, 5) is 12.0. The number of amides is 1. The molecule has 0 fully saturated rings. The minimum Gasteiger partial charge on any atom is -0.353 e. The van der Waals surface area contributed by atoms with E-state index in [9.17, 15) is 9.18 Å². The van der Waals surface area contributed by atoms with Gasteiger partial charge < -0.3 is 10.6 Å². The summed E-state index contributed by atoms with van der Waals surface area (Å²) in [7, 11) is 0. The fourth-order valence-corrected chi connectivity index (χ4v) is 2.34. The molecule has 0 saturated heterocycles. The Morgan fingerprint density at radius 2 is 1.42 bits per heavy atom. The molecule has 1 amide bonds. The summed E-state index contributed by atoms with van der Waals surface area (Å²) in [5.74, 6) is -0.381. The maximum absolute atomic E-state index is 13.6. The van der Waals surface area contributed by atoms with E-state index in [2.05, 4.69) is 10.6 Å². The highest BCUT2D eigenvalue weighted by Crippen LogP contribution is 2.21. The van der Waals surface area contributed by atoms with Gasteiger partial charge in [0.15, 0.2) is 0 Å². The van der Waals surface area contributed by atoms with Gasteiger partial charge >= 0.3 is 0 Å². The average Bonchev–Trinajstić information content (AvgIpc) is 2.59. The second kappa shape index (κ2) is 7.42. The van der Waals surface area contributed by atoms with Gasteiger partial charge in [0.25, 0.3) is 0 Å². The maximum Gasteiger partial charge on any atom is 0.228 e. The molecule has 24 heavy (non-hydrogen) atoms. The van der Waals surface area contributed by atoms with Crippen molar-refractivity contribution in [3.8, 4) is 0 Å². The first kappa shape index (κ1) is 15.7. The van der Waals surface area contributed by atoms with Gasteiger partial charge in [0.05, 0.1) is 12.1 Å². The Hall–Kier alpha value is -3.14. The number of anilines is 3. The van der Waals surface area contributed by atoms with Gasteiger partial charge in [0, 0.05) is 11.4 Å². The van der Waals surface area contributed by atoms with Crippen molar-refractivity contribution in [3.05, 3.63) is 90.2 Å². The van der Waals surface area contributed by atoms with E-state index in [0.29, 0.717) is 17.8 Å². The number of benzene rings is 3. The van der Waals surface area contributed by atoms with Gasteiger partial charge in [-0.15, -0.1) is 0 Å². The van der Waals surface area contributed by atoms with E-state index < -0.39 is 0 Å². The maximum atomic E-state index is 13.6. The van der Waals surface area contributed by atoms with Crippen LogP contribution >= 0.6 is 0 Å². The molecule has 3 nitrogen and oxygen atoms in total. The van der Waals surface area contributed by atoms with Gasteiger partial charge in [0.1, 0.15) is 5.82 Å². The van der Waals surface area contributed by atoms with Crippen LogP contribution in [0.3, 0.4) is 0 Å². The van der Waals surface area contributed by atoms with Crippen LogP contribution < -0.4 is 10.6 Å². The lowest BCUT2D eigenvalue weighted by Gasteiger charge is -2.09. The summed E-state index contributed by atoms with van der Waals surface area (Å²) in [6, 6.07) is 23.2. The monoisotopic (exact) mass is 320 g/mol. The largest absolute Gasteiger partial charge is 0.353 e. The zero-order valence-electron chi connectivity index (χ0n) is 13.0. The van der Waals surface area contributed by atoms with Crippen molar-refractivity contribution in [2.45, 2.75) is 6.42 Å². The van der Waals surface area contributed by atoms with E-state index in [-0.39, 0.29) is 11.7 Å². The first-order chi connectivity index (χ1) is 11.7. The van der Waals surface area contributed by atoms with Gasteiger partial charge in [-0.3, -0.25) is 4.79 Å². The van der Waals surface area contributed by atoms with Crippen LogP contribution in [0.25, 0.3) is 0 Å². The van der Waals surface area contributed by atoms with Crippen LogP contribution in [-0.4, -0.2) is 5.91 Å². The lowest BCUT2D eigenvalue weighted by molar-refractivity contribution is -0.115. The molecule has 120 valence electrons. The number of para-hydroxylation sites is 1. The molecule has 0 aliphatic heterocycles. The highest BCUT2D eigenvalue weighted by molar-refractivity contribution is 5.92. The number of rotatable bonds is 5. The molecule has 3 aromatic carbocycles. The Morgan fingerprint density at radius 3 is 2.12 bits per heavy atom. The number of halogens is 1. The molecular weight excluding hydrogens is 303 g/mol. The van der Waals surface area contributed by atoms with Crippen molar-refractivity contribution in [1.82, 2.24) is 0 Å². The lowest BCUT2D eigenvalue weighted by atomic mass is 10.1. The zero-order valence-corrected chi connectivity index (χ0v) is 13.0. The van der Waals surface area contributed by atoms with E-state index in [1.807, 2.05) is 30.3 Å². The molecule has 3 rings (SSSR count). The highest BCUT2D eigenvalue weighted by Gasteiger charge is 2.05. The van der Waals surface area contributed by atoms with Crippen LogP contribution in [-0.2, 0) is 11.2 Å². The predicted octanol–water partition coefficient (Wildman–Crippen LogP) is 4.75. The van der Waals surface area contributed by atoms with Crippen molar-refractivity contribution in [1.29, 1.82) is 0 Å². The number of nitrogens with one attached hydrogen (secondary N) is 2. The molecule has 0 unspecified atom stereocenters. The molecule has 2 N–H and O–H groups in total. The third-order valence-electron chi connectivity index (χ3n) is 3.53. The summed E-state index contributed by atoms with van der Waals surface area (Å²) in [6.07, 6.45) is 0.329. The van der Waals surface area contributed by atoms with E-state index in [0.717, 1.165) is 11.3 Å². The number of carbonyl (C=O) groups excluding carboxylic acids is 1. The Labute approximate surface area is 140 Å². The Morgan fingerprint density at radius 1 is 0.792 bits per heavy atom. The summed E-state index contributed by atoms with van der Waals surface area (Å²) >= 11 is 0. The molecule has 0 aliphatic carbocycles. The Balaban J connectivity index is 1.60. The molecule has 0 saturated carbocycles. The van der Waals surface area contributed by atoms with Crippen molar-refractivity contribution < 1.29 is 9.18 Å². The number of carbonyl (C=O) groups is 1. The molecular formula is C20H17FN2O. The van der Waals surface area contributed by atoms with Crippen LogP contribution in [0.1, 0.15) is 5.56 Å². The molecule has 4 heteroatoms. The van der Waals surface area contributed by atoms with Gasteiger partial charge in [-0.25, -0.2) is 4.39 Å². The number of hydrogen-bond acceptors (Lipinski definition) is 2. The van der Waals surface area contributed by atoms with Crippen LogP contribution in [0.4, 0.5) is 21.5 Å². The third kappa shape index (κ3) is 4.20. The number of hydrogen-bond donors (Lipinski definition) is 2. The second-order valence-electron chi connectivity index (χ2n) is 5.39. The highest BCUT2D eigenvalue weighted by atomic mass is 19.1. The van der Waals surface area contributed by atoms with Crippen molar-refractivity contribution in [3.63, 3.8) is 0 Å². The Kier molecular flexibility index (Phi) is 4.87. The van der Waals surface area contributed by atoms with Crippen LogP contribution in [0.2, 0.25) is 0 Å². The first-order valence-electron chi connectivity index (χ1n) is 7.66. The van der Waals surface area contributed by atoms with Crippen LogP contribution in [0.15, 0.2) is 78.9 Å². The summed E-state index contributed by atoms with van der Waals surface area (Å²) in [5.41, 5.74) is 2.84. The molecule has 0 aliphatic rings. The van der Waals surface area contributed by atoms with Gasteiger partial charge in [-0.2, -0.15) is 0 Å². The fourth-order valence-electron chi connectivity index (χ4n) is 2.34. The predicted molar refractivity (Wildman–Crippen MR) is 94.9 cm³/mol. The standard InChI is InChI=1S/C20H17FN2O/c21-18-8-4-5-9-19(18)22-16-10-12-17(13-11-16)23-20(24)14-15-6-2-1-3-7-15/h1-13,22H,14H2,(H,23,24). The van der Waals surface area contributed by atoms with E-state index in [1.54, 1.807) is 42.5 Å². The normalized spacial score (nSPS) is 10.2. The first-order valence-corrected chi connectivity index (χ1v) is 7.66. The smallest absolute Gasteiger partial charge is 0.228 e. The zero-order chi connectivity index (χ0) is 16.8. The summed E-state index contributed by atoms with van der Waals surface area (Å²) in [5, 5.41) is 5.86. The van der Waals surface area contributed by atoms with E-state index in [1.165, 1.54) is 6.07 Å². The molecule has 0 atom stereocenters. The van der Waals surface area contributed by atoms with Crippen molar-refractivity contribution in [2.24, 2.45) is 0 Å². The third-order valence-corrected chi connectivity index (χ3v) is 3.53. The van der Waals surface area contributed by atoms with E-state index >= 15 is 0 Å². The van der Waals surface area contributed by atoms with Gasteiger partial charge in [-0.1, -0.05) is 42.5 Å². The minimum atomic E-state index is -0.308. The van der Waals surface area contributed by atoms with Crippen molar-refractivity contribution >= 4 is 23.0 Å². The van der Waals surface area contributed by atoms with Crippen LogP contribution in [0.5, 0.6) is 0 Å². The Bertz CT molecular complexity index is 817. The molecule has 0 heterocycles. The lowest BCUT2D eigenvalue weighted by Crippen LogP contribution is -2.14. The summed E-state index contributed by atoms with van der Waals surface area (Å²) in [6.45, 7) is 0. The molecule has 0 aromatic heterocycles.